The van der Waals surface area contributed by atoms with E-state index in [1.54, 1.807) is 0 Å². The second kappa shape index (κ2) is 6.43. The third-order valence-electron chi connectivity index (χ3n) is 3.29. The molecule has 1 aliphatic rings. The standard InChI is InChI=1S/C17H21NO/c1-14(2)13-15-5-7-16(8-6-15)17(19)9-12-18-10-3-4-11-18/h5-8,14H,3-4,10-11,13H2,1-2H3. The monoisotopic (exact) mass is 255 g/mol. The van der Waals surface area contributed by atoms with E-state index in [0.29, 0.717) is 11.5 Å². The van der Waals surface area contributed by atoms with Crippen LogP contribution in [-0.2, 0) is 6.42 Å². The average molecular weight is 255 g/mol. The number of ketones is 1. The van der Waals surface area contributed by atoms with Gasteiger partial charge in [-0.3, -0.25) is 4.79 Å². The van der Waals surface area contributed by atoms with Crippen molar-refractivity contribution in [1.82, 2.24) is 4.90 Å². The van der Waals surface area contributed by atoms with Crippen molar-refractivity contribution < 1.29 is 4.79 Å². The molecule has 0 amide bonds. The average Bonchev–Trinajstić information content (AvgIpc) is 2.89. The molecular weight excluding hydrogens is 234 g/mol. The minimum Gasteiger partial charge on any atom is -0.332 e. The van der Waals surface area contributed by atoms with Gasteiger partial charge in [0.05, 0.1) is 0 Å². The Hall–Kier alpha value is -1.75. The summed E-state index contributed by atoms with van der Waals surface area (Å²) in [6.45, 7) is 6.38. The number of carbonyl (C=O) groups is 1. The van der Waals surface area contributed by atoms with Gasteiger partial charge < -0.3 is 4.90 Å². The van der Waals surface area contributed by atoms with Gasteiger partial charge in [0.2, 0.25) is 5.78 Å². The molecule has 1 heterocycles. The van der Waals surface area contributed by atoms with Crippen LogP contribution in [0.2, 0.25) is 0 Å². The number of rotatable bonds is 3. The number of hydrogen-bond acceptors (Lipinski definition) is 2. The number of carbonyl (C=O) groups excluding carboxylic acids is 1. The molecule has 0 bridgehead atoms. The molecule has 2 nitrogen and oxygen atoms in total. The Labute approximate surface area is 115 Å². The van der Waals surface area contributed by atoms with Crippen LogP contribution in [0.5, 0.6) is 0 Å². The summed E-state index contributed by atoms with van der Waals surface area (Å²) in [5, 5.41) is 0. The molecule has 0 N–H and O–H groups in total. The van der Waals surface area contributed by atoms with Crippen LogP contribution in [0.4, 0.5) is 0 Å². The van der Waals surface area contributed by atoms with Crippen LogP contribution in [0.1, 0.15) is 42.6 Å². The number of likely N-dealkylation sites (tertiary alicyclic amines) is 1. The van der Waals surface area contributed by atoms with E-state index < -0.39 is 0 Å². The Kier molecular flexibility index (Phi) is 4.63. The zero-order valence-electron chi connectivity index (χ0n) is 11.8. The fourth-order valence-corrected chi connectivity index (χ4v) is 2.29. The SMILES string of the molecule is CC(C)Cc1ccc(C(=O)C#CN2CCCC2)cc1. The molecule has 19 heavy (non-hydrogen) atoms. The van der Waals surface area contributed by atoms with Crippen LogP contribution in [-0.4, -0.2) is 23.8 Å². The van der Waals surface area contributed by atoms with Crippen molar-refractivity contribution in [1.29, 1.82) is 0 Å². The van der Waals surface area contributed by atoms with Gasteiger partial charge in [-0.05, 0) is 36.7 Å². The molecule has 0 aliphatic carbocycles. The molecule has 1 saturated heterocycles. The molecule has 0 spiro atoms. The van der Waals surface area contributed by atoms with Gasteiger partial charge in [-0.15, -0.1) is 0 Å². The van der Waals surface area contributed by atoms with Crippen LogP contribution in [0, 0.1) is 17.9 Å². The Bertz CT molecular complexity index is 484. The highest BCUT2D eigenvalue weighted by molar-refractivity contribution is 6.08. The molecule has 0 saturated carbocycles. The fourth-order valence-electron chi connectivity index (χ4n) is 2.29. The van der Waals surface area contributed by atoms with Crippen molar-refractivity contribution in [2.75, 3.05) is 13.1 Å². The number of benzene rings is 1. The quantitative estimate of drug-likeness (QED) is 0.611. The first kappa shape index (κ1) is 13.7. The highest BCUT2D eigenvalue weighted by atomic mass is 16.1. The van der Waals surface area contributed by atoms with Gasteiger partial charge in [0, 0.05) is 24.7 Å². The molecule has 0 unspecified atom stereocenters. The van der Waals surface area contributed by atoms with Crippen LogP contribution in [0.15, 0.2) is 24.3 Å². The summed E-state index contributed by atoms with van der Waals surface area (Å²) in [7, 11) is 0. The van der Waals surface area contributed by atoms with Crippen molar-refractivity contribution in [2.45, 2.75) is 33.1 Å². The van der Waals surface area contributed by atoms with E-state index in [0.717, 1.165) is 19.5 Å². The maximum absolute atomic E-state index is 11.9. The Morgan fingerprint density at radius 2 is 1.84 bits per heavy atom. The van der Waals surface area contributed by atoms with Gasteiger partial charge in [-0.25, -0.2) is 0 Å². The summed E-state index contributed by atoms with van der Waals surface area (Å²) in [4.78, 5) is 14.0. The molecular formula is C17H21NO. The molecule has 1 aromatic rings. The molecule has 1 fully saturated rings. The van der Waals surface area contributed by atoms with E-state index >= 15 is 0 Å². The maximum atomic E-state index is 11.9. The first-order chi connectivity index (χ1) is 9.15. The second-order valence-corrected chi connectivity index (χ2v) is 5.55. The summed E-state index contributed by atoms with van der Waals surface area (Å²) in [6.07, 6.45) is 3.42. The van der Waals surface area contributed by atoms with E-state index in [1.165, 1.54) is 18.4 Å². The summed E-state index contributed by atoms with van der Waals surface area (Å²) in [5.74, 6) is 3.29. The Balaban J connectivity index is 1.98. The molecule has 1 aliphatic heterocycles. The first-order valence-corrected chi connectivity index (χ1v) is 7.05. The minimum absolute atomic E-state index is 0.0806. The predicted octanol–water partition coefficient (Wildman–Crippen LogP) is 3.12. The molecule has 0 atom stereocenters. The Morgan fingerprint density at radius 1 is 1.21 bits per heavy atom. The lowest BCUT2D eigenvalue weighted by atomic mass is 10.0. The van der Waals surface area contributed by atoms with Crippen LogP contribution >= 0.6 is 0 Å². The van der Waals surface area contributed by atoms with Gasteiger partial charge in [-0.2, -0.15) is 0 Å². The van der Waals surface area contributed by atoms with Crippen molar-refractivity contribution in [3.8, 4) is 12.0 Å². The normalized spacial score (nSPS) is 14.4. The number of Topliss-reactive ketones (excluding diaryl/α,β-unsaturated/α-hetero) is 1. The van der Waals surface area contributed by atoms with Crippen LogP contribution in [0.3, 0.4) is 0 Å². The first-order valence-electron chi connectivity index (χ1n) is 7.05. The van der Waals surface area contributed by atoms with Gasteiger partial charge in [0.25, 0.3) is 0 Å². The van der Waals surface area contributed by atoms with Crippen molar-refractivity contribution in [2.24, 2.45) is 5.92 Å². The fraction of sp³-hybridized carbons (Fsp3) is 0.471. The molecule has 0 aromatic heterocycles. The van der Waals surface area contributed by atoms with Crippen LogP contribution < -0.4 is 0 Å². The Morgan fingerprint density at radius 3 is 2.42 bits per heavy atom. The lowest BCUT2D eigenvalue weighted by Crippen LogP contribution is -2.12. The zero-order valence-corrected chi connectivity index (χ0v) is 11.8. The van der Waals surface area contributed by atoms with Gasteiger partial charge in [-0.1, -0.05) is 38.1 Å². The lowest BCUT2D eigenvalue weighted by Gasteiger charge is -2.06. The largest absolute Gasteiger partial charge is 0.332 e. The van der Waals surface area contributed by atoms with Crippen molar-refractivity contribution in [3.05, 3.63) is 35.4 Å². The molecule has 100 valence electrons. The van der Waals surface area contributed by atoms with Gasteiger partial charge in [0.15, 0.2) is 0 Å². The zero-order chi connectivity index (χ0) is 13.7. The number of nitrogens with zero attached hydrogens (tertiary/aromatic N) is 1. The summed E-state index contributed by atoms with van der Waals surface area (Å²) in [6, 6.07) is 10.8. The molecule has 2 rings (SSSR count). The smallest absolute Gasteiger partial charge is 0.237 e. The van der Waals surface area contributed by atoms with Gasteiger partial charge >= 0.3 is 0 Å². The summed E-state index contributed by atoms with van der Waals surface area (Å²) < 4.78 is 0. The van der Waals surface area contributed by atoms with Crippen molar-refractivity contribution in [3.63, 3.8) is 0 Å². The van der Waals surface area contributed by atoms with E-state index in [9.17, 15) is 4.79 Å². The molecule has 2 heteroatoms. The summed E-state index contributed by atoms with van der Waals surface area (Å²) in [5.41, 5.74) is 1.97. The predicted molar refractivity (Wildman–Crippen MR) is 77.9 cm³/mol. The maximum Gasteiger partial charge on any atom is 0.237 e. The van der Waals surface area contributed by atoms with E-state index in [4.69, 9.17) is 0 Å². The van der Waals surface area contributed by atoms with Crippen molar-refractivity contribution >= 4 is 5.78 Å². The third-order valence-corrected chi connectivity index (χ3v) is 3.29. The minimum atomic E-state index is -0.0806. The van der Waals surface area contributed by atoms with E-state index in [1.807, 2.05) is 29.2 Å². The molecule has 1 aromatic carbocycles. The lowest BCUT2D eigenvalue weighted by molar-refractivity contribution is 0.105. The number of hydrogen-bond donors (Lipinski definition) is 0. The van der Waals surface area contributed by atoms with Gasteiger partial charge in [0.1, 0.15) is 0 Å². The third kappa shape index (κ3) is 4.13. The second-order valence-electron chi connectivity index (χ2n) is 5.55. The van der Waals surface area contributed by atoms with E-state index in [2.05, 4.69) is 25.8 Å². The molecule has 0 radical (unpaired) electrons. The van der Waals surface area contributed by atoms with Crippen LogP contribution in [0.25, 0.3) is 0 Å². The highest BCUT2D eigenvalue weighted by Gasteiger charge is 2.08. The highest BCUT2D eigenvalue weighted by Crippen LogP contribution is 2.10. The summed E-state index contributed by atoms with van der Waals surface area (Å²) >= 11 is 0. The topological polar surface area (TPSA) is 20.3 Å². The van der Waals surface area contributed by atoms with E-state index in [-0.39, 0.29) is 5.78 Å².